The molecule has 25 heavy (non-hydrogen) atoms. The van der Waals surface area contributed by atoms with Crippen LogP contribution in [0.3, 0.4) is 0 Å². The topological polar surface area (TPSA) is 99.1 Å². The van der Waals surface area contributed by atoms with Gasteiger partial charge in [-0.1, -0.05) is 50.1 Å². The van der Waals surface area contributed by atoms with Crippen LogP contribution in [-0.2, 0) is 20.7 Å². The number of hydrogen-bond acceptors (Lipinski definition) is 6. The number of ether oxygens (including phenoxy) is 1. The van der Waals surface area contributed by atoms with Crippen LogP contribution in [0.25, 0.3) is 0 Å². The summed E-state index contributed by atoms with van der Waals surface area (Å²) in [5.41, 5.74) is 0.930. The van der Waals surface area contributed by atoms with Gasteiger partial charge in [0.1, 0.15) is 12.3 Å². The average molecular weight is 352 g/mol. The molecular weight excluding hydrogens is 324 g/mol. The zero-order chi connectivity index (χ0) is 18.7. The third-order valence-electron chi connectivity index (χ3n) is 4.06. The first-order valence-corrected chi connectivity index (χ1v) is 8.48. The van der Waals surface area contributed by atoms with Gasteiger partial charge in [0.15, 0.2) is 0 Å². The normalized spacial score (nSPS) is 14.4. The highest BCUT2D eigenvalue weighted by molar-refractivity contribution is 5.76. The molecule has 1 amide bonds. The maximum atomic E-state index is 12.1. The van der Waals surface area contributed by atoms with Crippen molar-refractivity contribution in [3.63, 3.8) is 0 Å². The Kier molecular flexibility index (Phi) is 9.76. The van der Waals surface area contributed by atoms with E-state index in [1.165, 1.54) is 7.11 Å². The van der Waals surface area contributed by atoms with Crippen molar-refractivity contribution in [3.8, 4) is 0 Å². The monoisotopic (exact) mass is 352 g/mol. The molecule has 0 fully saturated rings. The number of esters is 1. The van der Waals surface area contributed by atoms with Crippen LogP contribution in [0, 0.1) is 5.92 Å². The van der Waals surface area contributed by atoms with E-state index in [9.17, 15) is 19.9 Å². The Morgan fingerprint density at radius 2 is 2.04 bits per heavy atom. The minimum absolute atomic E-state index is 0.0170. The second-order valence-corrected chi connectivity index (χ2v) is 6.01. The zero-order valence-corrected chi connectivity index (χ0v) is 14.8. The molecule has 0 aliphatic heterocycles. The van der Waals surface area contributed by atoms with Gasteiger partial charge in [-0.25, -0.2) is 5.06 Å². The van der Waals surface area contributed by atoms with Gasteiger partial charge in [0.05, 0.1) is 13.7 Å². The number of benzene rings is 1. The van der Waals surface area contributed by atoms with E-state index >= 15 is 0 Å². The smallest absolute Gasteiger partial charge is 0.323 e. The van der Waals surface area contributed by atoms with Gasteiger partial charge in [0, 0.05) is 5.92 Å². The number of amides is 1. The van der Waals surface area contributed by atoms with Crippen LogP contribution >= 0.6 is 0 Å². The van der Waals surface area contributed by atoms with E-state index in [1.54, 1.807) is 0 Å². The Morgan fingerprint density at radius 1 is 1.36 bits per heavy atom. The first kappa shape index (κ1) is 21.1. The number of methoxy groups -OCH3 is 1. The Balaban J connectivity index is 2.79. The highest BCUT2D eigenvalue weighted by atomic mass is 16.5. The Labute approximate surface area is 148 Å². The van der Waals surface area contributed by atoms with Crippen molar-refractivity contribution >= 4 is 12.4 Å². The Hall–Kier alpha value is -1.96. The Morgan fingerprint density at radius 3 is 2.60 bits per heavy atom. The molecule has 3 N–H and O–H groups in total. The Bertz CT molecular complexity index is 511. The lowest BCUT2D eigenvalue weighted by molar-refractivity contribution is -0.156. The summed E-state index contributed by atoms with van der Waals surface area (Å²) in [7, 11) is 1.30. The lowest BCUT2D eigenvalue weighted by atomic mass is 9.98. The lowest BCUT2D eigenvalue weighted by Crippen LogP contribution is -2.50. The number of aliphatic hydroxyl groups is 1. The summed E-state index contributed by atoms with van der Waals surface area (Å²) in [6.45, 7) is 2.00. The van der Waals surface area contributed by atoms with Gasteiger partial charge in [-0.3, -0.25) is 20.1 Å². The van der Waals surface area contributed by atoms with Crippen LogP contribution in [0.4, 0.5) is 0 Å². The molecule has 140 valence electrons. The summed E-state index contributed by atoms with van der Waals surface area (Å²) in [5, 5.41) is 23.3. The molecule has 1 rings (SSSR count). The molecule has 0 aromatic heterocycles. The number of nitrogens with one attached hydrogen (secondary N) is 1. The minimum atomic E-state index is -1.06. The number of carbonyl (C=O) groups is 2. The lowest BCUT2D eigenvalue weighted by Gasteiger charge is -2.28. The number of hydrogen-bond donors (Lipinski definition) is 3. The van der Waals surface area contributed by atoms with Crippen molar-refractivity contribution in [2.24, 2.45) is 5.92 Å². The zero-order valence-electron chi connectivity index (χ0n) is 14.8. The number of nitrogens with zero attached hydrogens (tertiary/aromatic N) is 1. The molecule has 7 heteroatoms. The molecule has 0 saturated heterocycles. The summed E-state index contributed by atoms with van der Waals surface area (Å²) in [4.78, 5) is 22.7. The number of hydroxylamine groups is 2. The van der Waals surface area contributed by atoms with E-state index in [2.05, 4.69) is 5.32 Å². The van der Waals surface area contributed by atoms with Crippen molar-refractivity contribution in [1.82, 2.24) is 10.4 Å². The van der Waals surface area contributed by atoms with Crippen molar-refractivity contribution in [1.29, 1.82) is 0 Å². The first-order chi connectivity index (χ1) is 12.0. The predicted molar refractivity (Wildman–Crippen MR) is 92.7 cm³/mol. The summed E-state index contributed by atoms with van der Waals surface area (Å²) >= 11 is 0. The second-order valence-electron chi connectivity index (χ2n) is 6.01. The molecule has 0 radical (unpaired) electrons. The average Bonchev–Trinajstić information content (AvgIpc) is 2.64. The molecular formula is C18H28N2O5. The second kappa shape index (κ2) is 11.6. The highest BCUT2D eigenvalue weighted by Gasteiger charge is 2.27. The van der Waals surface area contributed by atoms with Crippen molar-refractivity contribution in [2.45, 2.75) is 44.9 Å². The summed E-state index contributed by atoms with van der Waals surface area (Å²) < 4.78 is 4.82. The maximum Gasteiger partial charge on any atom is 0.323 e. The molecule has 1 aromatic rings. The molecule has 0 saturated carbocycles. The van der Waals surface area contributed by atoms with Crippen molar-refractivity contribution in [3.05, 3.63) is 35.9 Å². The minimum Gasteiger partial charge on any atom is -0.468 e. The van der Waals surface area contributed by atoms with E-state index in [0.717, 1.165) is 18.4 Å². The SMILES string of the molecule is CCCC[C@H](CN(O)C=O)C(O)N[C@@H](Cc1ccccc1)C(=O)OC. The fourth-order valence-electron chi connectivity index (χ4n) is 2.64. The molecule has 0 spiro atoms. The maximum absolute atomic E-state index is 12.1. The van der Waals surface area contributed by atoms with E-state index in [4.69, 9.17) is 4.74 Å². The molecule has 3 atom stereocenters. The molecule has 0 heterocycles. The fourth-order valence-corrected chi connectivity index (χ4v) is 2.64. The predicted octanol–water partition coefficient (Wildman–Crippen LogP) is 1.33. The number of carbonyl (C=O) groups excluding carboxylic acids is 2. The van der Waals surface area contributed by atoms with Gasteiger partial charge in [0.2, 0.25) is 6.41 Å². The number of rotatable bonds is 12. The molecule has 0 bridgehead atoms. The van der Waals surface area contributed by atoms with E-state index in [1.807, 2.05) is 37.3 Å². The third-order valence-corrected chi connectivity index (χ3v) is 4.06. The van der Waals surface area contributed by atoms with Gasteiger partial charge < -0.3 is 9.84 Å². The quantitative estimate of drug-likeness (QED) is 0.173. The fraction of sp³-hybridized carbons (Fsp3) is 0.556. The van der Waals surface area contributed by atoms with E-state index < -0.39 is 24.2 Å². The van der Waals surface area contributed by atoms with Crippen LogP contribution in [0.2, 0.25) is 0 Å². The standard InChI is InChI=1S/C18H28N2O5/c1-3-4-10-15(12-20(24)13-21)17(22)19-16(18(23)25-2)11-14-8-6-5-7-9-14/h5-9,13,15-17,19,22,24H,3-4,10-12H2,1-2H3/t15-,16+,17?/m1/s1. The number of aliphatic hydroxyl groups excluding tert-OH is 1. The van der Waals surface area contributed by atoms with Crippen molar-refractivity contribution < 1.29 is 24.6 Å². The van der Waals surface area contributed by atoms with Crippen LogP contribution < -0.4 is 5.32 Å². The highest BCUT2D eigenvalue weighted by Crippen LogP contribution is 2.15. The molecule has 1 aromatic carbocycles. The van der Waals surface area contributed by atoms with Gasteiger partial charge >= 0.3 is 5.97 Å². The van der Waals surface area contributed by atoms with Crippen molar-refractivity contribution in [2.75, 3.05) is 13.7 Å². The van der Waals surface area contributed by atoms with Gasteiger partial charge in [-0.2, -0.15) is 0 Å². The van der Waals surface area contributed by atoms with Crippen LogP contribution in [0.15, 0.2) is 30.3 Å². The molecule has 7 nitrogen and oxygen atoms in total. The molecule has 1 unspecified atom stereocenters. The molecule has 0 aliphatic carbocycles. The van der Waals surface area contributed by atoms with Crippen LogP contribution in [0.5, 0.6) is 0 Å². The van der Waals surface area contributed by atoms with Gasteiger partial charge in [0.25, 0.3) is 0 Å². The summed E-state index contributed by atoms with van der Waals surface area (Å²) in [6, 6.07) is 8.68. The number of unbranched alkanes of at least 4 members (excludes halogenated alkanes) is 1. The van der Waals surface area contributed by atoms with Gasteiger partial charge in [-0.05, 0) is 18.4 Å². The summed E-state index contributed by atoms with van der Waals surface area (Å²) in [6.07, 6.45) is 1.95. The third kappa shape index (κ3) is 7.64. The molecule has 0 aliphatic rings. The van der Waals surface area contributed by atoms with Gasteiger partial charge in [-0.15, -0.1) is 0 Å². The van der Waals surface area contributed by atoms with E-state index in [-0.39, 0.29) is 6.54 Å². The largest absolute Gasteiger partial charge is 0.468 e. The first-order valence-electron chi connectivity index (χ1n) is 8.48. The van der Waals surface area contributed by atoms with Crippen LogP contribution in [0.1, 0.15) is 31.7 Å². The van der Waals surface area contributed by atoms with Crippen LogP contribution in [-0.4, -0.2) is 53.7 Å². The summed E-state index contributed by atoms with van der Waals surface area (Å²) in [5.74, 6) is -0.883. The van der Waals surface area contributed by atoms with E-state index in [0.29, 0.717) is 24.3 Å².